The van der Waals surface area contributed by atoms with Gasteiger partial charge in [0.25, 0.3) is 0 Å². The molecule has 0 radical (unpaired) electrons. The van der Waals surface area contributed by atoms with Gasteiger partial charge in [0.15, 0.2) is 5.76 Å². The summed E-state index contributed by atoms with van der Waals surface area (Å²) >= 11 is 11.8. The van der Waals surface area contributed by atoms with Crippen LogP contribution in [0.25, 0.3) is 5.69 Å². The Kier molecular flexibility index (Phi) is 6.87. The van der Waals surface area contributed by atoms with Crippen LogP contribution in [0.1, 0.15) is 33.3 Å². The van der Waals surface area contributed by atoms with Crippen molar-refractivity contribution in [1.29, 1.82) is 0 Å². The maximum atomic E-state index is 12.2. The van der Waals surface area contributed by atoms with E-state index in [1.807, 2.05) is 24.3 Å². The molecular formula is C25H21Cl2N3O3. The number of hydrogen-bond donors (Lipinski definition) is 1. The van der Waals surface area contributed by atoms with E-state index in [0.717, 1.165) is 5.69 Å². The summed E-state index contributed by atoms with van der Waals surface area (Å²) in [6.45, 7) is 4.34. The molecule has 33 heavy (non-hydrogen) atoms. The van der Waals surface area contributed by atoms with Crippen LogP contribution in [0.15, 0.2) is 76.2 Å². The molecule has 0 aliphatic heterocycles. The lowest BCUT2D eigenvalue weighted by molar-refractivity contribution is 0.0923. The lowest BCUT2D eigenvalue weighted by Crippen LogP contribution is -2.16. The number of hydrazone groups is 1. The summed E-state index contributed by atoms with van der Waals surface area (Å²) in [5.74, 6) is 0.887. The summed E-state index contributed by atoms with van der Waals surface area (Å²) in [6, 6.07) is 20.3. The van der Waals surface area contributed by atoms with Crippen molar-refractivity contribution in [2.75, 3.05) is 0 Å². The molecule has 0 unspecified atom stereocenters. The Morgan fingerprint density at radius 1 is 1.00 bits per heavy atom. The fourth-order valence-electron chi connectivity index (χ4n) is 3.31. The van der Waals surface area contributed by atoms with Crippen LogP contribution in [0, 0.1) is 13.8 Å². The SMILES string of the molecule is Cc1ccc(C)n1-c1ccc(OCc2ccc(C(=O)N/N=C/c3ccc(Cl)c(Cl)c3)o2)cc1. The van der Waals surface area contributed by atoms with E-state index in [-0.39, 0.29) is 12.4 Å². The van der Waals surface area contributed by atoms with Gasteiger partial charge in [0, 0.05) is 17.1 Å². The zero-order valence-corrected chi connectivity index (χ0v) is 19.5. The van der Waals surface area contributed by atoms with Crippen LogP contribution in [-0.4, -0.2) is 16.7 Å². The third-order valence-electron chi connectivity index (χ3n) is 4.96. The fraction of sp³-hybridized carbons (Fsp3) is 0.120. The van der Waals surface area contributed by atoms with Gasteiger partial charge in [-0.15, -0.1) is 0 Å². The van der Waals surface area contributed by atoms with Gasteiger partial charge in [0.05, 0.1) is 16.3 Å². The molecule has 1 N–H and O–H groups in total. The molecule has 4 aromatic rings. The molecule has 1 amide bonds. The second kappa shape index (κ2) is 9.98. The highest BCUT2D eigenvalue weighted by atomic mass is 35.5. The van der Waals surface area contributed by atoms with Crippen molar-refractivity contribution >= 4 is 35.3 Å². The first-order valence-electron chi connectivity index (χ1n) is 10.2. The number of ether oxygens (including phenoxy) is 1. The monoisotopic (exact) mass is 481 g/mol. The van der Waals surface area contributed by atoms with Crippen molar-refractivity contribution in [1.82, 2.24) is 9.99 Å². The molecule has 2 heterocycles. The zero-order chi connectivity index (χ0) is 23.4. The molecule has 0 aliphatic carbocycles. The van der Waals surface area contributed by atoms with E-state index >= 15 is 0 Å². The van der Waals surface area contributed by atoms with Gasteiger partial charge in [0.2, 0.25) is 0 Å². The maximum absolute atomic E-state index is 12.2. The largest absolute Gasteiger partial charge is 0.486 e. The Labute approximate surface area is 201 Å². The van der Waals surface area contributed by atoms with Crippen LogP contribution in [0.5, 0.6) is 5.75 Å². The maximum Gasteiger partial charge on any atom is 0.307 e. The molecule has 0 fully saturated rings. The molecule has 4 rings (SSSR count). The number of carbonyl (C=O) groups is 1. The molecule has 0 saturated carbocycles. The van der Waals surface area contributed by atoms with E-state index in [1.54, 1.807) is 30.3 Å². The first-order valence-corrected chi connectivity index (χ1v) is 10.9. The predicted molar refractivity (Wildman–Crippen MR) is 130 cm³/mol. The molecule has 0 spiro atoms. The number of aryl methyl sites for hydroxylation is 2. The standard InChI is InChI=1S/C25H21Cl2N3O3/c1-16-3-4-17(2)30(16)19-6-8-20(9-7-19)32-15-21-10-12-24(33-21)25(31)29-28-14-18-5-11-22(26)23(27)13-18/h3-14H,15H2,1-2H3,(H,29,31)/b28-14+. The van der Waals surface area contributed by atoms with Gasteiger partial charge in [-0.05, 0) is 80.1 Å². The van der Waals surface area contributed by atoms with Gasteiger partial charge in [-0.2, -0.15) is 5.10 Å². The van der Waals surface area contributed by atoms with E-state index in [2.05, 4.69) is 41.1 Å². The summed E-state index contributed by atoms with van der Waals surface area (Å²) in [7, 11) is 0. The minimum atomic E-state index is -0.473. The van der Waals surface area contributed by atoms with Crippen LogP contribution in [0.4, 0.5) is 0 Å². The lowest BCUT2D eigenvalue weighted by Gasteiger charge is -2.10. The predicted octanol–water partition coefficient (Wildman–Crippen LogP) is 6.34. The van der Waals surface area contributed by atoms with Crippen LogP contribution in [-0.2, 0) is 6.61 Å². The van der Waals surface area contributed by atoms with Crippen molar-refractivity contribution in [2.45, 2.75) is 20.5 Å². The highest BCUT2D eigenvalue weighted by molar-refractivity contribution is 6.42. The minimum absolute atomic E-state index is 0.133. The van der Waals surface area contributed by atoms with Crippen molar-refractivity contribution in [3.63, 3.8) is 0 Å². The number of nitrogens with one attached hydrogen (secondary N) is 1. The number of amides is 1. The molecule has 0 aliphatic rings. The lowest BCUT2D eigenvalue weighted by atomic mass is 10.2. The van der Waals surface area contributed by atoms with Crippen LogP contribution >= 0.6 is 23.2 Å². The van der Waals surface area contributed by atoms with Gasteiger partial charge >= 0.3 is 5.91 Å². The van der Waals surface area contributed by atoms with Gasteiger partial charge in [0.1, 0.15) is 18.1 Å². The normalized spacial score (nSPS) is 11.2. The highest BCUT2D eigenvalue weighted by Crippen LogP contribution is 2.22. The second-order valence-corrected chi connectivity index (χ2v) is 8.19. The molecule has 2 aromatic heterocycles. The number of carbonyl (C=O) groups excluding carboxylic acids is 1. The molecule has 8 heteroatoms. The molecular weight excluding hydrogens is 461 g/mol. The Hall–Kier alpha value is -3.48. The molecule has 0 saturated heterocycles. The average molecular weight is 482 g/mol. The molecule has 6 nitrogen and oxygen atoms in total. The van der Waals surface area contributed by atoms with E-state index < -0.39 is 5.91 Å². The van der Waals surface area contributed by atoms with Gasteiger partial charge in [-0.3, -0.25) is 4.79 Å². The number of rotatable bonds is 7. The summed E-state index contributed by atoms with van der Waals surface area (Å²) in [5.41, 5.74) is 6.53. The van der Waals surface area contributed by atoms with Gasteiger partial charge in [-0.1, -0.05) is 29.3 Å². The smallest absolute Gasteiger partial charge is 0.307 e. The number of benzene rings is 2. The third-order valence-corrected chi connectivity index (χ3v) is 5.70. The topological polar surface area (TPSA) is 68.8 Å². The Balaban J connectivity index is 1.31. The fourth-order valence-corrected chi connectivity index (χ4v) is 3.62. The summed E-state index contributed by atoms with van der Waals surface area (Å²) in [4.78, 5) is 12.2. The first kappa shape index (κ1) is 22.7. The summed E-state index contributed by atoms with van der Waals surface area (Å²) in [5, 5.41) is 4.77. The van der Waals surface area contributed by atoms with Crippen molar-refractivity contribution in [2.24, 2.45) is 5.10 Å². The van der Waals surface area contributed by atoms with E-state index in [4.69, 9.17) is 32.4 Å². The number of nitrogens with zero attached hydrogens (tertiary/aromatic N) is 2. The zero-order valence-electron chi connectivity index (χ0n) is 18.0. The van der Waals surface area contributed by atoms with E-state index in [9.17, 15) is 4.79 Å². The number of furan rings is 1. The van der Waals surface area contributed by atoms with Crippen molar-refractivity contribution < 1.29 is 13.9 Å². The molecule has 2 aromatic carbocycles. The van der Waals surface area contributed by atoms with Crippen LogP contribution < -0.4 is 10.2 Å². The number of hydrogen-bond acceptors (Lipinski definition) is 4. The van der Waals surface area contributed by atoms with Crippen molar-refractivity contribution in [3.8, 4) is 11.4 Å². The Bertz CT molecular complexity index is 1290. The average Bonchev–Trinajstić information content (AvgIpc) is 3.41. The van der Waals surface area contributed by atoms with Crippen LogP contribution in [0.3, 0.4) is 0 Å². The second-order valence-electron chi connectivity index (χ2n) is 7.37. The van der Waals surface area contributed by atoms with Gasteiger partial charge < -0.3 is 13.7 Å². The molecule has 0 bridgehead atoms. The van der Waals surface area contributed by atoms with E-state index in [1.165, 1.54) is 17.6 Å². The summed E-state index contributed by atoms with van der Waals surface area (Å²) < 4.78 is 13.5. The first-order chi connectivity index (χ1) is 15.9. The Morgan fingerprint density at radius 3 is 2.42 bits per heavy atom. The van der Waals surface area contributed by atoms with Crippen molar-refractivity contribution in [3.05, 3.63) is 105 Å². The quantitative estimate of drug-likeness (QED) is 0.247. The summed E-state index contributed by atoms with van der Waals surface area (Å²) in [6.07, 6.45) is 1.47. The Morgan fingerprint density at radius 2 is 1.73 bits per heavy atom. The number of aromatic nitrogens is 1. The van der Waals surface area contributed by atoms with Gasteiger partial charge in [-0.25, -0.2) is 5.43 Å². The highest BCUT2D eigenvalue weighted by Gasteiger charge is 2.11. The third kappa shape index (κ3) is 5.48. The van der Waals surface area contributed by atoms with E-state index in [0.29, 0.717) is 27.1 Å². The van der Waals surface area contributed by atoms with Crippen LogP contribution in [0.2, 0.25) is 10.0 Å². The molecule has 168 valence electrons. The number of halogens is 2. The molecule has 0 atom stereocenters. The minimum Gasteiger partial charge on any atom is -0.486 e.